The zero-order valence-corrected chi connectivity index (χ0v) is 14.7. The van der Waals surface area contributed by atoms with Crippen LogP contribution in [0.3, 0.4) is 0 Å². The molecular weight excluding hydrogens is 350 g/mol. The van der Waals surface area contributed by atoms with E-state index in [9.17, 15) is 14.9 Å². The van der Waals surface area contributed by atoms with Gasteiger partial charge in [-0.3, -0.25) is 14.9 Å². The minimum atomic E-state index is -0.808. The van der Waals surface area contributed by atoms with Crippen LogP contribution >= 0.6 is 0 Å². The number of methoxy groups -OCH3 is 1. The van der Waals surface area contributed by atoms with Gasteiger partial charge in [-0.1, -0.05) is 42.5 Å². The fourth-order valence-electron chi connectivity index (χ4n) is 2.58. The molecule has 0 bridgehead atoms. The van der Waals surface area contributed by atoms with Crippen molar-refractivity contribution in [1.29, 1.82) is 0 Å². The predicted octanol–water partition coefficient (Wildman–Crippen LogP) is 2.66. The maximum atomic E-state index is 12.3. The minimum Gasteiger partial charge on any atom is -0.475 e. The molecule has 3 rings (SSSR count). The number of fused-ring (bicyclic) bond motifs is 1. The van der Waals surface area contributed by atoms with Gasteiger partial charge in [-0.25, -0.2) is 10.1 Å². The first kappa shape index (κ1) is 18.1. The number of hydrogen-bond donors (Lipinski definition) is 1. The van der Waals surface area contributed by atoms with Gasteiger partial charge in [0.1, 0.15) is 12.2 Å². The monoisotopic (exact) mass is 367 g/mol. The maximum absolute atomic E-state index is 12.3. The Balaban J connectivity index is 1.73. The van der Waals surface area contributed by atoms with Crippen molar-refractivity contribution < 1.29 is 14.5 Å². The summed E-state index contributed by atoms with van der Waals surface area (Å²) in [6, 6.07) is 12.8. The van der Waals surface area contributed by atoms with Crippen LogP contribution in [-0.2, 0) is 4.79 Å². The van der Waals surface area contributed by atoms with Gasteiger partial charge >= 0.3 is 11.6 Å². The Morgan fingerprint density at radius 2 is 2.07 bits per heavy atom. The van der Waals surface area contributed by atoms with Crippen LogP contribution in [0.25, 0.3) is 10.8 Å². The number of nitrogens with one attached hydrogen (secondary N) is 1. The average Bonchev–Trinajstić information content (AvgIpc) is 3.12. The normalized spacial score (nSPS) is 12.2. The number of hydrogen-bond acceptors (Lipinski definition) is 6. The highest BCUT2D eigenvalue weighted by Gasteiger charge is 2.25. The molecule has 0 saturated carbocycles. The summed E-state index contributed by atoms with van der Waals surface area (Å²) in [5, 5.41) is 21.0. The topological polar surface area (TPSA) is 112 Å². The third kappa shape index (κ3) is 3.76. The van der Waals surface area contributed by atoms with Crippen LogP contribution in [0.1, 0.15) is 18.5 Å². The Morgan fingerprint density at radius 3 is 2.78 bits per heavy atom. The lowest BCUT2D eigenvalue weighted by atomic mass is 10.1. The molecule has 0 aliphatic heterocycles. The van der Waals surface area contributed by atoms with Gasteiger partial charge in [0, 0.05) is 5.56 Å². The molecule has 1 aromatic heterocycles. The molecule has 1 N–H and O–H groups in total. The van der Waals surface area contributed by atoms with E-state index < -0.39 is 16.9 Å². The van der Waals surface area contributed by atoms with Gasteiger partial charge in [-0.05, 0) is 17.7 Å². The Hall–Kier alpha value is -3.75. The molecule has 0 saturated heterocycles. The highest BCUT2D eigenvalue weighted by atomic mass is 16.6. The number of rotatable bonds is 6. The second-order valence-corrected chi connectivity index (χ2v) is 5.74. The average molecular weight is 367 g/mol. The van der Waals surface area contributed by atoms with E-state index in [1.165, 1.54) is 11.8 Å². The molecule has 0 aliphatic rings. The van der Waals surface area contributed by atoms with Crippen molar-refractivity contribution in [2.24, 2.45) is 5.10 Å². The number of nitrogens with zero attached hydrogens (tertiary/aromatic N) is 4. The summed E-state index contributed by atoms with van der Waals surface area (Å²) < 4.78 is 6.03. The van der Waals surface area contributed by atoms with Crippen molar-refractivity contribution in [2.75, 3.05) is 7.11 Å². The van der Waals surface area contributed by atoms with Crippen LogP contribution in [0.2, 0.25) is 0 Å². The van der Waals surface area contributed by atoms with Crippen LogP contribution in [0.15, 0.2) is 53.8 Å². The molecule has 1 heterocycles. The van der Waals surface area contributed by atoms with Crippen LogP contribution in [0.5, 0.6) is 5.88 Å². The molecule has 0 radical (unpaired) electrons. The summed E-state index contributed by atoms with van der Waals surface area (Å²) in [6.45, 7) is 1.55. The molecular formula is C18H17N5O4. The maximum Gasteiger partial charge on any atom is 0.350 e. The molecule has 0 fully saturated rings. The number of amides is 1. The molecule has 2 aromatic carbocycles. The molecule has 1 amide bonds. The van der Waals surface area contributed by atoms with Crippen LogP contribution < -0.4 is 10.2 Å². The zero-order chi connectivity index (χ0) is 19.4. The van der Waals surface area contributed by atoms with Gasteiger partial charge in [0.05, 0.1) is 18.2 Å². The summed E-state index contributed by atoms with van der Waals surface area (Å²) >= 11 is 0. The molecule has 1 atom stereocenters. The standard InChI is InChI=1S/C18H17N5O4/c1-12(22-11-16(23(25)26)18(21-22)27-2)17(24)20-19-10-14-8-5-7-13-6-3-4-9-15(13)14/h3-12H,1-2H3,(H,20,24)/t12-/m1/s1. The molecule has 27 heavy (non-hydrogen) atoms. The molecule has 9 nitrogen and oxygen atoms in total. The number of benzene rings is 2. The predicted molar refractivity (Wildman–Crippen MR) is 99.8 cm³/mol. The van der Waals surface area contributed by atoms with Gasteiger partial charge in [-0.2, -0.15) is 5.10 Å². The van der Waals surface area contributed by atoms with Crippen molar-refractivity contribution in [1.82, 2.24) is 15.2 Å². The smallest absolute Gasteiger partial charge is 0.350 e. The summed E-state index contributed by atoms with van der Waals surface area (Å²) in [5.74, 6) is -0.620. The number of ether oxygens (including phenoxy) is 1. The second-order valence-electron chi connectivity index (χ2n) is 5.74. The Bertz CT molecular complexity index is 1020. The Labute approximate surface area is 154 Å². The fraction of sp³-hybridized carbons (Fsp3) is 0.167. The number of hydrazone groups is 1. The highest BCUT2D eigenvalue weighted by Crippen LogP contribution is 2.25. The first-order chi connectivity index (χ1) is 13.0. The lowest BCUT2D eigenvalue weighted by Gasteiger charge is -2.09. The lowest BCUT2D eigenvalue weighted by molar-refractivity contribution is -0.385. The quantitative estimate of drug-likeness (QED) is 0.409. The van der Waals surface area contributed by atoms with E-state index in [1.807, 2.05) is 42.5 Å². The van der Waals surface area contributed by atoms with Gasteiger partial charge in [0.25, 0.3) is 5.91 Å². The summed E-state index contributed by atoms with van der Waals surface area (Å²) in [4.78, 5) is 22.6. The fourth-order valence-corrected chi connectivity index (χ4v) is 2.58. The van der Waals surface area contributed by atoms with E-state index in [-0.39, 0.29) is 11.6 Å². The van der Waals surface area contributed by atoms with E-state index in [0.29, 0.717) is 0 Å². The third-order valence-electron chi connectivity index (χ3n) is 4.05. The molecule has 0 spiro atoms. The second kappa shape index (κ2) is 7.65. The van der Waals surface area contributed by atoms with E-state index in [0.717, 1.165) is 22.5 Å². The largest absolute Gasteiger partial charge is 0.475 e. The first-order valence-electron chi connectivity index (χ1n) is 8.09. The lowest BCUT2D eigenvalue weighted by Crippen LogP contribution is -2.27. The van der Waals surface area contributed by atoms with Crippen LogP contribution in [0, 0.1) is 10.1 Å². The SMILES string of the molecule is COc1nn([C@H](C)C(=O)NN=Cc2cccc3ccccc23)cc1[N+](=O)[O-]. The highest BCUT2D eigenvalue weighted by molar-refractivity contribution is 6.00. The van der Waals surface area contributed by atoms with Gasteiger partial charge in [0.2, 0.25) is 0 Å². The number of carbonyl (C=O) groups excluding carboxylic acids is 1. The summed E-state index contributed by atoms with van der Waals surface area (Å²) in [7, 11) is 1.28. The molecule has 3 aromatic rings. The number of carbonyl (C=O) groups is 1. The molecule has 0 unspecified atom stereocenters. The van der Waals surface area contributed by atoms with Crippen molar-refractivity contribution in [2.45, 2.75) is 13.0 Å². The van der Waals surface area contributed by atoms with E-state index in [1.54, 1.807) is 13.1 Å². The number of aromatic nitrogens is 2. The van der Waals surface area contributed by atoms with Crippen molar-refractivity contribution in [3.8, 4) is 5.88 Å². The Morgan fingerprint density at radius 1 is 1.33 bits per heavy atom. The van der Waals surface area contributed by atoms with E-state index in [4.69, 9.17) is 4.74 Å². The molecule has 138 valence electrons. The number of nitro groups is 1. The first-order valence-corrected chi connectivity index (χ1v) is 8.09. The van der Waals surface area contributed by atoms with Crippen molar-refractivity contribution in [3.05, 3.63) is 64.3 Å². The minimum absolute atomic E-state index is 0.154. The van der Waals surface area contributed by atoms with Gasteiger partial charge in [-0.15, -0.1) is 5.10 Å². The van der Waals surface area contributed by atoms with Crippen LogP contribution in [0.4, 0.5) is 5.69 Å². The summed E-state index contributed by atoms with van der Waals surface area (Å²) in [6.07, 6.45) is 2.70. The molecule has 9 heteroatoms. The van der Waals surface area contributed by atoms with E-state index in [2.05, 4.69) is 15.6 Å². The van der Waals surface area contributed by atoms with Crippen molar-refractivity contribution >= 4 is 28.6 Å². The van der Waals surface area contributed by atoms with Crippen molar-refractivity contribution in [3.63, 3.8) is 0 Å². The van der Waals surface area contributed by atoms with E-state index >= 15 is 0 Å². The van der Waals surface area contributed by atoms with Gasteiger partial charge in [0.15, 0.2) is 0 Å². The van der Waals surface area contributed by atoms with Crippen LogP contribution in [-0.4, -0.2) is 33.9 Å². The zero-order valence-electron chi connectivity index (χ0n) is 14.7. The summed E-state index contributed by atoms with van der Waals surface area (Å²) in [5.41, 5.74) is 2.98. The third-order valence-corrected chi connectivity index (χ3v) is 4.05. The van der Waals surface area contributed by atoms with Gasteiger partial charge < -0.3 is 4.74 Å². The molecule has 0 aliphatic carbocycles. The Kier molecular flexibility index (Phi) is 5.11.